The molecule has 0 spiro atoms. The third-order valence-electron chi connectivity index (χ3n) is 6.01. The number of anilines is 1. The van der Waals surface area contributed by atoms with Gasteiger partial charge in [0.05, 0.1) is 15.4 Å². The number of amides is 1. The largest absolute Gasteiger partial charge is 0.403 e. The van der Waals surface area contributed by atoms with E-state index in [-0.39, 0.29) is 32.8 Å². The summed E-state index contributed by atoms with van der Waals surface area (Å²) in [6.07, 6.45) is 1.70. The zero-order valence-corrected chi connectivity index (χ0v) is 21.3. The number of aromatic nitrogens is 2. The lowest BCUT2D eigenvalue weighted by Crippen LogP contribution is -2.35. The van der Waals surface area contributed by atoms with Crippen molar-refractivity contribution in [2.75, 3.05) is 18.1 Å². The number of rotatable bonds is 6. The molecule has 0 atom stereocenters. The summed E-state index contributed by atoms with van der Waals surface area (Å²) < 4.78 is 57.3. The minimum Gasteiger partial charge on any atom is -0.403 e. The maximum absolute atomic E-state index is 13.2. The van der Waals surface area contributed by atoms with E-state index in [4.69, 9.17) is 4.42 Å². The minimum atomic E-state index is -3.74. The van der Waals surface area contributed by atoms with Crippen molar-refractivity contribution in [1.82, 2.24) is 14.5 Å². The molecule has 0 fully saturated rings. The summed E-state index contributed by atoms with van der Waals surface area (Å²) in [6, 6.07) is 19.2. The van der Waals surface area contributed by atoms with E-state index in [2.05, 4.69) is 15.5 Å². The number of hydrogen-bond donors (Lipinski definition) is 1. The maximum Gasteiger partial charge on any atom is 0.322 e. The SMILES string of the molecule is CS(=O)(=O)c1ccccc1-c1nnc(NC(=O)c2ccc(S(=O)(=O)N3CCc4ccccc4C3)cc2)o1. The summed E-state index contributed by atoms with van der Waals surface area (Å²) in [7, 11) is -7.28. The number of benzene rings is 3. The Hall–Kier alpha value is -3.87. The predicted molar refractivity (Wildman–Crippen MR) is 135 cm³/mol. The monoisotopic (exact) mass is 538 g/mol. The molecule has 0 saturated heterocycles. The third kappa shape index (κ3) is 5.03. The van der Waals surface area contributed by atoms with Crippen LogP contribution in [0.3, 0.4) is 0 Å². The minimum absolute atomic E-state index is 0.0190. The van der Waals surface area contributed by atoms with Crippen LogP contribution in [0.15, 0.2) is 87.0 Å². The first-order valence-corrected chi connectivity index (χ1v) is 14.6. The second-order valence-corrected chi connectivity index (χ2v) is 12.4. The Kier molecular flexibility index (Phi) is 6.40. The second-order valence-electron chi connectivity index (χ2n) is 8.52. The Bertz CT molecular complexity index is 1700. The summed E-state index contributed by atoms with van der Waals surface area (Å²) in [6.45, 7) is 0.673. The lowest BCUT2D eigenvalue weighted by molar-refractivity contribution is 0.102. The molecule has 1 aliphatic rings. The van der Waals surface area contributed by atoms with Crippen LogP contribution < -0.4 is 5.32 Å². The summed E-state index contributed by atoms with van der Waals surface area (Å²) in [5, 5.41) is 10.1. The molecule has 1 aliphatic heterocycles. The van der Waals surface area contributed by atoms with Crippen LogP contribution in [-0.2, 0) is 32.8 Å². The molecular formula is C25H22N4O6S2. The van der Waals surface area contributed by atoms with Crippen LogP contribution in [0.2, 0.25) is 0 Å². The molecule has 2 heterocycles. The first-order chi connectivity index (χ1) is 17.6. The van der Waals surface area contributed by atoms with Crippen LogP contribution in [0, 0.1) is 0 Å². The van der Waals surface area contributed by atoms with Crippen LogP contribution in [0.4, 0.5) is 6.01 Å². The van der Waals surface area contributed by atoms with Crippen molar-refractivity contribution < 1.29 is 26.0 Å². The van der Waals surface area contributed by atoms with Gasteiger partial charge in [-0.1, -0.05) is 41.5 Å². The van der Waals surface area contributed by atoms with Crippen LogP contribution in [-0.4, -0.2) is 50.0 Å². The highest BCUT2D eigenvalue weighted by Gasteiger charge is 2.28. The zero-order chi connectivity index (χ0) is 26.2. The summed E-state index contributed by atoms with van der Waals surface area (Å²) in [4.78, 5) is 12.8. The molecule has 3 aromatic carbocycles. The number of sulfone groups is 1. The van der Waals surface area contributed by atoms with Gasteiger partial charge in [-0.3, -0.25) is 10.1 Å². The van der Waals surface area contributed by atoms with Gasteiger partial charge in [-0.2, -0.15) is 4.31 Å². The molecule has 4 aromatic rings. The molecule has 37 heavy (non-hydrogen) atoms. The van der Waals surface area contributed by atoms with Crippen LogP contribution in [0.1, 0.15) is 21.5 Å². The van der Waals surface area contributed by atoms with Gasteiger partial charge in [-0.25, -0.2) is 16.8 Å². The molecule has 0 saturated carbocycles. The number of sulfonamides is 1. The smallest absolute Gasteiger partial charge is 0.322 e. The zero-order valence-electron chi connectivity index (χ0n) is 19.7. The maximum atomic E-state index is 13.2. The van der Waals surface area contributed by atoms with Gasteiger partial charge in [0.15, 0.2) is 9.84 Å². The molecule has 190 valence electrons. The molecule has 1 N–H and O–H groups in total. The molecule has 0 bridgehead atoms. The fourth-order valence-electron chi connectivity index (χ4n) is 4.12. The summed E-state index contributed by atoms with van der Waals surface area (Å²) in [5.41, 5.74) is 2.52. The van der Waals surface area contributed by atoms with Gasteiger partial charge in [0.1, 0.15) is 0 Å². The van der Waals surface area contributed by atoms with Gasteiger partial charge < -0.3 is 4.42 Å². The fourth-order valence-corrected chi connectivity index (χ4v) is 6.42. The van der Waals surface area contributed by atoms with Gasteiger partial charge in [-0.05, 0) is 53.9 Å². The topological polar surface area (TPSA) is 140 Å². The van der Waals surface area contributed by atoms with Crippen molar-refractivity contribution in [3.63, 3.8) is 0 Å². The average Bonchev–Trinajstić information content (AvgIpc) is 3.36. The molecule has 10 nitrogen and oxygen atoms in total. The standard InChI is InChI=1S/C25H22N4O6S2/c1-36(31,32)22-9-5-4-8-21(22)24-27-28-25(35-24)26-23(30)18-10-12-20(13-11-18)37(33,34)29-15-14-17-6-2-3-7-19(17)16-29/h2-13H,14-16H2,1H3,(H,26,28,30). The van der Waals surface area contributed by atoms with Crippen LogP contribution >= 0.6 is 0 Å². The molecule has 0 radical (unpaired) electrons. The Morgan fingerprint density at radius 3 is 2.30 bits per heavy atom. The van der Waals surface area contributed by atoms with Crippen LogP contribution in [0.5, 0.6) is 0 Å². The lowest BCUT2D eigenvalue weighted by atomic mass is 10.0. The highest BCUT2D eigenvalue weighted by atomic mass is 32.2. The van der Waals surface area contributed by atoms with E-state index >= 15 is 0 Å². The van der Waals surface area contributed by atoms with Gasteiger partial charge in [0, 0.05) is 24.9 Å². The Labute approximate surface area is 213 Å². The van der Waals surface area contributed by atoms with Crippen molar-refractivity contribution in [3.05, 3.63) is 89.5 Å². The Morgan fingerprint density at radius 2 is 1.57 bits per heavy atom. The summed E-state index contributed by atoms with van der Waals surface area (Å²) >= 11 is 0. The Balaban J connectivity index is 1.30. The number of fused-ring (bicyclic) bond motifs is 1. The number of nitrogens with zero attached hydrogens (tertiary/aromatic N) is 3. The van der Waals surface area contributed by atoms with E-state index in [1.807, 2.05) is 24.3 Å². The highest BCUT2D eigenvalue weighted by Crippen LogP contribution is 2.28. The van der Waals surface area contributed by atoms with E-state index in [1.54, 1.807) is 12.1 Å². The van der Waals surface area contributed by atoms with Gasteiger partial charge >= 0.3 is 6.01 Å². The number of hydrogen-bond acceptors (Lipinski definition) is 8. The van der Waals surface area contributed by atoms with E-state index in [1.165, 1.54) is 40.7 Å². The van der Waals surface area contributed by atoms with Crippen molar-refractivity contribution >= 4 is 31.8 Å². The molecule has 0 aliphatic carbocycles. The molecular weight excluding hydrogens is 516 g/mol. The van der Waals surface area contributed by atoms with E-state index in [0.717, 1.165) is 17.4 Å². The first-order valence-electron chi connectivity index (χ1n) is 11.2. The number of carbonyl (C=O) groups excluding carboxylic acids is 1. The van der Waals surface area contributed by atoms with E-state index in [0.29, 0.717) is 19.5 Å². The second kappa shape index (κ2) is 9.54. The fraction of sp³-hybridized carbons (Fsp3) is 0.160. The normalized spacial score (nSPS) is 14.2. The van der Waals surface area contributed by atoms with Crippen molar-refractivity contribution in [1.29, 1.82) is 0 Å². The molecule has 12 heteroatoms. The van der Waals surface area contributed by atoms with Gasteiger partial charge in [0.25, 0.3) is 11.8 Å². The molecule has 0 unspecified atom stereocenters. The van der Waals surface area contributed by atoms with E-state index in [9.17, 15) is 21.6 Å². The predicted octanol–water partition coefficient (Wildman–Crippen LogP) is 3.14. The van der Waals surface area contributed by atoms with Gasteiger partial charge in [0.2, 0.25) is 10.0 Å². The molecule has 1 amide bonds. The lowest BCUT2D eigenvalue weighted by Gasteiger charge is -2.28. The van der Waals surface area contributed by atoms with Crippen molar-refractivity contribution in [2.24, 2.45) is 0 Å². The quantitative estimate of drug-likeness (QED) is 0.395. The third-order valence-corrected chi connectivity index (χ3v) is 9.03. The number of nitrogens with one attached hydrogen (secondary N) is 1. The van der Waals surface area contributed by atoms with Crippen molar-refractivity contribution in [2.45, 2.75) is 22.8 Å². The molecule has 1 aromatic heterocycles. The van der Waals surface area contributed by atoms with E-state index < -0.39 is 25.8 Å². The number of carbonyl (C=O) groups is 1. The van der Waals surface area contributed by atoms with Crippen LogP contribution in [0.25, 0.3) is 11.5 Å². The summed E-state index contributed by atoms with van der Waals surface area (Å²) in [5.74, 6) is -0.664. The Morgan fingerprint density at radius 1 is 0.892 bits per heavy atom. The highest BCUT2D eigenvalue weighted by molar-refractivity contribution is 7.90. The van der Waals surface area contributed by atoms with Gasteiger partial charge in [-0.15, -0.1) is 5.10 Å². The first kappa shape index (κ1) is 24.8. The van der Waals surface area contributed by atoms with Crippen molar-refractivity contribution in [3.8, 4) is 11.5 Å². The average molecular weight is 539 g/mol. The molecule has 5 rings (SSSR count).